The number of rotatable bonds is 6. The molecule has 170 valence electrons. The lowest BCUT2D eigenvalue weighted by molar-refractivity contribution is 0.0464. The molecule has 32 heavy (non-hydrogen) atoms. The summed E-state index contributed by atoms with van der Waals surface area (Å²) < 4.78 is 11.0. The summed E-state index contributed by atoms with van der Waals surface area (Å²) in [6.45, 7) is 9.50. The van der Waals surface area contributed by atoms with Crippen LogP contribution < -0.4 is 14.5 Å². The van der Waals surface area contributed by atoms with E-state index in [0.717, 1.165) is 54.4 Å². The molecule has 1 fully saturated rings. The first kappa shape index (κ1) is 22.6. The van der Waals surface area contributed by atoms with E-state index < -0.39 is 0 Å². The molecule has 0 radical (unpaired) electrons. The smallest absolute Gasteiger partial charge is 0.348 e. The van der Waals surface area contributed by atoms with Gasteiger partial charge in [0.2, 0.25) is 5.28 Å². The molecule has 1 saturated heterocycles. The van der Waals surface area contributed by atoms with Crippen LogP contribution in [0.2, 0.25) is 5.28 Å². The molecule has 0 saturated carbocycles. The zero-order valence-corrected chi connectivity index (χ0v) is 20.3. The molecular formula is C23H27ClN4O3S. The lowest BCUT2D eigenvalue weighted by atomic mass is 10.1. The minimum atomic E-state index is -0.317. The van der Waals surface area contributed by atoms with Gasteiger partial charge in [-0.1, -0.05) is 26.0 Å². The average Bonchev–Trinajstić information content (AvgIpc) is 3.13. The van der Waals surface area contributed by atoms with E-state index in [1.165, 1.54) is 11.3 Å². The summed E-state index contributed by atoms with van der Waals surface area (Å²) in [5.41, 5.74) is 1.93. The Morgan fingerprint density at radius 2 is 1.84 bits per heavy atom. The van der Waals surface area contributed by atoms with Crippen LogP contribution >= 0.6 is 22.9 Å². The lowest BCUT2D eigenvalue weighted by Crippen LogP contribution is -2.47. The molecular weight excluding hydrogens is 448 g/mol. The van der Waals surface area contributed by atoms with Gasteiger partial charge in [-0.25, -0.2) is 9.78 Å². The van der Waals surface area contributed by atoms with E-state index in [1.54, 1.807) is 7.11 Å². The van der Waals surface area contributed by atoms with E-state index in [2.05, 4.69) is 25.8 Å². The summed E-state index contributed by atoms with van der Waals surface area (Å²) >= 11 is 7.58. The molecule has 4 rings (SSSR count). The zero-order valence-electron chi connectivity index (χ0n) is 18.7. The minimum Gasteiger partial charge on any atom is -0.495 e. The molecule has 0 aliphatic carbocycles. The average molecular weight is 475 g/mol. The van der Waals surface area contributed by atoms with Gasteiger partial charge in [0.25, 0.3) is 0 Å². The summed E-state index contributed by atoms with van der Waals surface area (Å²) in [7, 11) is 1.69. The number of benzene rings is 1. The highest BCUT2D eigenvalue weighted by Gasteiger charge is 2.27. The fourth-order valence-electron chi connectivity index (χ4n) is 3.87. The molecule has 2 aromatic heterocycles. The number of carbonyl (C=O) groups excluding carboxylic acids is 1. The Morgan fingerprint density at radius 3 is 2.53 bits per heavy atom. The number of piperazine rings is 1. The topological polar surface area (TPSA) is 67.8 Å². The van der Waals surface area contributed by atoms with Crippen LogP contribution in [0, 0.1) is 12.8 Å². The van der Waals surface area contributed by atoms with Crippen molar-refractivity contribution in [3.05, 3.63) is 40.0 Å². The molecule has 0 N–H and O–H groups in total. The van der Waals surface area contributed by atoms with E-state index in [1.807, 2.05) is 39.0 Å². The van der Waals surface area contributed by atoms with Crippen LogP contribution in [0.3, 0.4) is 0 Å². The van der Waals surface area contributed by atoms with E-state index in [4.69, 9.17) is 21.1 Å². The maximum atomic E-state index is 12.6. The molecule has 1 aliphatic rings. The van der Waals surface area contributed by atoms with Crippen molar-refractivity contribution in [2.24, 2.45) is 5.92 Å². The molecule has 3 aromatic rings. The summed E-state index contributed by atoms with van der Waals surface area (Å²) in [5, 5.41) is 1.06. The molecule has 0 unspecified atom stereocenters. The Hall–Kier alpha value is -2.58. The number of thiophene rings is 1. The van der Waals surface area contributed by atoms with Crippen molar-refractivity contribution in [1.29, 1.82) is 0 Å². The Labute approximate surface area is 196 Å². The first-order valence-corrected chi connectivity index (χ1v) is 11.8. The van der Waals surface area contributed by atoms with E-state index in [0.29, 0.717) is 16.3 Å². The van der Waals surface area contributed by atoms with Crippen molar-refractivity contribution >= 4 is 50.6 Å². The Balaban J connectivity index is 1.60. The Morgan fingerprint density at radius 1 is 1.16 bits per heavy atom. The first-order valence-electron chi connectivity index (χ1n) is 10.7. The summed E-state index contributed by atoms with van der Waals surface area (Å²) in [4.78, 5) is 27.4. The van der Waals surface area contributed by atoms with E-state index in [-0.39, 0.29) is 17.2 Å². The number of esters is 1. The largest absolute Gasteiger partial charge is 0.495 e. The van der Waals surface area contributed by atoms with Crippen LogP contribution in [0.25, 0.3) is 10.2 Å². The highest BCUT2D eigenvalue weighted by atomic mass is 35.5. The van der Waals surface area contributed by atoms with Crippen LogP contribution in [-0.4, -0.2) is 55.8 Å². The number of anilines is 2. The molecule has 1 aliphatic heterocycles. The highest BCUT2D eigenvalue weighted by molar-refractivity contribution is 7.20. The zero-order chi connectivity index (χ0) is 22.8. The van der Waals surface area contributed by atoms with Gasteiger partial charge >= 0.3 is 5.97 Å². The second kappa shape index (κ2) is 9.50. The van der Waals surface area contributed by atoms with Crippen molar-refractivity contribution in [3.8, 4) is 5.75 Å². The van der Waals surface area contributed by atoms with Gasteiger partial charge in [-0.05, 0) is 42.1 Å². The van der Waals surface area contributed by atoms with Crippen LogP contribution in [0.1, 0.15) is 29.1 Å². The lowest BCUT2D eigenvalue weighted by Gasteiger charge is -2.37. The summed E-state index contributed by atoms with van der Waals surface area (Å²) in [6, 6.07) is 8.05. The number of hydrogen-bond acceptors (Lipinski definition) is 8. The predicted molar refractivity (Wildman–Crippen MR) is 130 cm³/mol. The SMILES string of the molecule is COc1ccccc1N1CCN(c2nc(Cl)nc3sc(C(=O)OCC(C)C)c(C)c23)CC1. The van der Waals surface area contributed by atoms with Crippen molar-refractivity contribution in [2.75, 3.05) is 49.7 Å². The first-order chi connectivity index (χ1) is 15.4. The number of halogens is 1. The second-order valence-corrected chi connectivity index (χ2v) is 9.53. The standard InChI is InChI=1S/C23H27ClN4O3S/c1-14(2)13-31-22(29)19-15(3)18-20(25-23(24)26-21(18)32-19)28-11-9-27(10-12-28)16-7-5-6-8-17(16)30-4/h5-8,14H,9-13H2,1-4H3. The number of aromatic nitrogens is 2. The number of methoxy groups -OCH3 is 1. The number of fused-ring (bicyclic) bond motifs is 1. The molecule has 7 nitrogen and oxygen atoms in total. The molecule has 1 aromatic carbocycles. The highest BCUT2D eigenvalue weighted by Crippen LogP contribution is 2.37. The molecule has 0 bridgehead atoms. The molecule has 0 amide bonds. The van der Waals surface area contributed by atoms with Crippen molar-refractivity contribution in [2.45, 2.75) is 20.8 Å². The van der Waals surface area contributed by atoms with E-state index in [9.17, 15) is 4.79 Å². The number of aryl methyl sites for hydroxylation is 1. The second-order valence-electron chi connectivity index (χ2n) is 8.19. The van der Waals surface area contributed by atoms with Gasteiger partial charge in [-0.15, -0.1) is 11.3 Å². The number of hydrogen-bond donors (Lipinski definition) is 0. The third kappa shape index (κ3) is 4.47. The monoisotopic (exact) mass is 474 g/mol. The van der Waals surface area contributed by atoms with Crippen LogP contribution in [0.4, 0.5) is 11.5 Å². The quantitative estimate of drug-likeness (QED) is 0.375. The summed E-state index contributed by atoms with van der Waals surface area (Å²) in [5.74, 6) is 1.60. The molecule has 3 heterocycles. The number of nitrogens with zero attached hydrogens (tertiary/aromatic N) is 4. The van der Waals surface area contributed by atoms with Gasteiger partial charge in [0.05, 0.1) is 24.8 Å². The van der Waals surface area contributed by atoms with Gasteiger partial charge in [-0.3, -0.25) is 0 Å². The van der Waals surface area contributed by atoms with Crippen LogP contribution in [0.15, 0.2) is 24.3 Å². The minimum absolute atomic E-state index is 0.183. The number of para-hydroxylation sites is 2. The number of ether oxygens (including phenoxy) is 2. The Bertz CT molecular complexity index is 1130. The Kier molecular flexibility index (Phi) is 6.71. The molecule has 9 heteroatoms. The maximum Gasteiger partial charge on any atom is 0.348 e. The van der Waals surface area contributed by atoms with Crippen LogP contribution in [0.5, 0.6) is 5.75 Å². The number of carbonyl (C=O) groups is 1. The van der Waals surface area contributed by atoms with Gasteiger partial charge < -0.3 is 19.3 Å². The third-order valence-corrected chi connectivity index (χ3v) is 6.82. The van der Waals surface area contributed by atoms with Crippen molar-refractivity contribution in [1.82, 2.24) is 9.97 Å². The van der Waals surface area contributed by atoms with Gasteiger partial charge in [0, 0.05) is 26.2 Å². The maximum absolute atomic E-state index is 12.6. The van der Waals surface area contributed by atoms with Gasteiger partial charge in [0.15, 0.2) is 0 Å². The summed E-state index contributed by atoms with van der Waals surface area (Å²) in [6.07, 6.45) is 0. The fourth-order valence-corrected chi connectivity index (χ4v) is 5.16. The fraction of sp³-hybridized carbons (Fsp3) is 0.435. The van der Waals surface area contributed by atoms with Crippen molar-refractivity contribution in [3.63, 3.8) is 0 Å². The van der Waals surface area contributed by atoms with Gasteiger partial charge in [-0.2, -0.15) is 4.98 Å². The van der Waals surface area contributed by atoms with Crippen LogP contribution in [-0.2, 0) is 4.74 Å². The molecule has 0 spiro atoms. The molecule has 0 atom stereocenters. The normalized spacial score (nSPS) is 14.3. The predicted octanol–water partition coefficient (Wildman–Crippen LogP) is 4.80. The third-order valence-electron chi connectivity index (χ3n) is 5.48. The van der Waals surface area contributed by atoms with E-state index >= 15 is 0 Å². The van der Waals surface area contributed by atoms with Gasteiger partial charge in [0.1, 0.15) is 21.3 Å². The van der Waals surface area contributed by atoms with Crippen molar-refractivity contribution < 1.29 is 14.3 Å².